The summed E-state index contributed by atoms with van der Waals surface area (Å²) in [6, 6.07) is 7.83. The number of pyridine rings is 1. The summed E-state index contributed by atoms with van der Waals surface area (Å²) in [6.07, 6.45) is 0.610. The molecule has 4 heteroatoms. The molecule has 0 atom stereocenters. The number of rotatable bonds is 3. The predicted octanol–water partition coefficient (Wildman–Crippen LogP) is 1.66. The van der Waals surface area contributed by atoms with E-state index in [1.807, 2.05) is 35.7 Å². The molecule has 4 nitrogen and oxygen atoms in total. The molecular weight excluding hydrogens is 192 g/mol. The van der Waals surface area contributed by atoms with Crippen LogP contribution in [0.2, 0.25) is 0 Å². The third-order valence-electron chi connectivity index (χ3n) is 2.32. The minimum atomic E-state index is -0.788. The summed E-state index contributed by atoms with van der Waals surface area (Å²) >= 11 is 0. The summed E-state index contributed by atoms with van der Waals surface area (Å²) in [5.41, 5.74) is 2.89. The quantitative estimate of drug-likeness (QED) is 0.827. The SMILES string of the molecule is Cc1cccc2cc(CCC(=O)O)nn12. The Hall–Kier alpha value is -1.84. The zero-order chi connectivity index (χ0) is 10.8. The lowest BCUT2D eigenvalue weighted by molar-refractivity contribution is -0.136. The van der Waals surface area contributed by atoms with Gasteiger partial charge in [0.2, 0.25) is 0 Å². The van der Waals surface area contributed by atoms with Gasteiger partial charge in [0.15, 0.2) is 0 Å². The van der Waals surface area contributed by atoms with E-state index in [-0.39, 0.29) is 6.42 Å². The molecule has 0 aromatic carbocycles. The molecular formula is C11H12N2O2. The van der Waals surface area contributed by atoms with Crippen LogP contribution in [-0.4, -0.2) is 20.7 Å². The maximum Gasteiger partial charge on any atom is 0.303 e. The Bertz CT molecular complexity index is 502. The van der Waals surface area contributed by atoms with Gasteiger partial charge in [-0.3, -0.25) is 4.79 Å². The highest BCUT2D eigenvalue weighted by Gasteiger charge is 2.05. The van der Waals surface area contributed by atoms with Gasteiger partial charge >= 0.3 is 5.97 Å². The molecule has 0 saturated heterocycles. The van der Waals surface area contributed by atoms with Gasteiger partial charge < -0.3 is 5.11 Å². The summed E-state index contributed by atoms with van der Waals surface area (Å²) in [5.74, 6) is -0.788. The Morgan fingerprint density at radius 1 is 1.53 bits per heavy atom. The second kappa shape index (κ2) is 3.73. The highest BCUT2D eigenvalue weighted by atomic mass is 16.4. The Kier molecular flexibility index (Phi) is 2.41. The van der Waals surface area contributed by atoms with E-state index in [1.54, 1.807) is 0 Å². The predicted molar refractivity (Wildman–Crippen MR) is 55.9 cm³/mol. The summed E-state index contributed by atoms with van der Waals surface area (Å²) in [5, 5.41) is 12.9. The highest BCUT2D eigenvalue weighted by molar-refractivity contribution is 5.67. The van der Waals surface area contributed by atoms with Crippen molar-refractivity contribution in [3.05, 3.63) is 35.7 Å². The third-order valence-corrected chi connectivity index (χ3v) is 2.32. The number of carbonyl (C=O) groups is 1. The number of carboxylic acid groups (broad SMARTS) is 1. The van der Waals surface area contributed by atoms with E-state index in [1.165, 1.54) is 0 Å². The molecule has 0 saturated carbocycles. The molecule has 0 radical (unpaired) electrons. The molecule has 0 spiro atoms. The van der Waals surface area contributed by atoms with Crippen LogP contribution in [0.15, 0.2) is 24.3 Å². The van der Waals surface area contributed by atoms with Crippen molar-refractivity contribution in [1.82, 2.24) is 9.61 Å². The highest BCUT2D eigenvalue weighted by Crippen LogP contribution is 2.10. The Labute approximate surface area is 87.2 Å². The van der Waals surface area contributed by atoms with Crippen molar-refractivity contribution < 1.29 is 9.90 Å². The second-order valence-corrected chi connectivity index (χ2v) is 3.53. The molecule has 0 aliphatic rings. The van der Waals surface area contributed by atoms with Crippen LogP contribution >= 0.6 is 0 Å². The topological polar surface area (TPSA) is 54.6 Å². The minimum absolute atomic E-state index is 0.128. The molecule has 0 bridgehead atoms. The van der Waals surface area contributed by atoms with E-state index >= 15 is 0 Å². The van der Waals surface area contributed by atoms with E-state index in [9.17, 15) is 4.79 Å². The molecule has 0 aliphatic heterocycles. The number of hydrogen-bond donors (Lipinski definition) is 1. The normalized spacial score (nSPS) is 10.7. The van der Waals surface area contributed by atoms with Crippen molar-refractivity contribution in [2.45, 2.75) is 19.8 Å². The average Bonchev–Trinajstić information content (AvgIpc) is 2.59. The third kappa shape index (κ3) is 1.98. The first-order valence-electron chi connectivity index (χ1n) is 4.83. The van der Waals surface area contributed by atoms with Gasteiger partial charge in [-0.25, -0.2) is 4.52 Å². The molecule has 2 aromatic heterocycles. The number of aliphatic carboxylic acids is 1. The first-order chi connectivity index (χ1) is 7.16. The Morgan fingerprint density at radius 3 is 3.00 bits per heavy atom. The van der Waals surface area contributed by atoms with Crippen molar-refractivity contribution in [3.63, 3.8) is 0 Å². The standard InChI is InChI=1S/C11H12N2O2/c1-8-3-2-4-10-7-9(12-13(8)10)5-6-11(14)15/h2-4,7H,5-6H2,1H3,(H,14,15). The summed E-state index contributed by atoms with van der Waals surface area (Å²) in [4.78, 5) is 10.4. The van der Waals surface area contributed by atoms with E-state index in [0.717, 1.165) is 16.9 Å². The maximum absolute atomic E-state index is 10.4. The lowest BCUT2D eigenvalue weighted by Crippen LogP contribution is -1.98. The van der Waals surface area contributed by atoms with Crippen molar-refractivity contribution >= 4 is 11.5 Å². The van der Waals surface area contributed by atoms with Crippen LogP contribution in [0.4, 0.5) is 0 Å². The lowest BCUT2D eigenvalue weighted by Gasteiger charge is -1.96. The average molecular weight is 204 g/mol. The fourth-order valence-electron chi connectivity index (χ4n) is 1.56. The van der Waals surface area contributed by atoms with Gasteiger partial charge in [-0.2, -0.15) is 5.10 Å². The molecule has 1 N–H and O–H groups in total. The first-order valence-corrected chi connectivity index (χ1v) is 4.83. The zero-order valence-electron chi connectivity index (χ0n) is 8.47. The van der Waals surface area contributed by atoms with E-state index in [2.05, 4.69) is 5.10 Å². The van der Waals surface area contributed by atoms with Crippen LogP contribution in [-0.2, 0) is 11.2 Å². The van der Waals surface area contributed by atoms with Crippen molar-refractivity contribution in [3.8, 4) is 0 Å². The fourth-order valence-corrected chi connectivity index (χ4v) is 1.56. The summed E-state index contributed by atoms with van der Waals surface area (Å²) in [7, 11) is 0. The fraction of sp³-hybridized carbons (Fsp3) is 0.273. The number of fused-ring (bicyclic) bond motifs is 1. The van der Waals surface area contributed by atoms with Crippen molar-refractivity contribution in [2.24, 2.45) is 0 Å². The van der Waals surface area contributed by atoms with Crippen molar-refractivity contribution in [1.29, 1.82) is 0 Å². The zero-order valence-corrected chi connectivity index (χ0v) is 8.47. The van der Waals surface area contributed by atoms with Gasteiger partial charge in [0, 0.05) is 12.1 Å². The minimum Gasteiger partial charge on any atom is -0.481 e. The molecule has 0 aliphatic carbocycles. The lowest BCUT2D eigenvalue weighted by atomic mass is 10.2. The molecule has 2 aromatic rings. The molecule has 0 unspecified atom stereocenters. The van der Waals surface area contributed by atoms with Gasteiger partial charge in [-0.05, 0) is 25.1 Å². The Morgan fingerprint density at radius 2 is 2.33 bits per heavy atom. The monoisotopic (exact) mass is 204 g/mol. The molecule has 0 amide bonds. The molecule has 2 heterocycles. The van der Waals surface area contributed by atoms with Gasteiger partial charge in [0.05, 0.1) is 17.6 Å². The van der Waals surface area contributed by atoms with Crippen LogP contribution in [0.5, 0.6) is 0 Å². The molecule has 15 heavy (non-hydrogen) atoms. The van der Waals surface area contributed by atoms with Crippen molar-refractivity contribution in [2.75, 3.05) is 0 Å². The summed E-state index contributed by atoms with van der Waals surface area (Å²) < 4.78 is 1.83. The Balaban J connectivity index is 2.31. The van der Waals surface area contributed by atoms with Crippen LogP contribution in [0.3, 0.4) is 0 Å². The number of hydrogen-bond acceptors (Lipinski definition) is 2. The first kappa shape index (κ1) is 9.71. The van der Waals surface area contributed by atoms with Gasteiger partial charge in [0.25, 0.3) is 0 Å². The number of aryl methyl sites for hydroxylation is 2. The summed E-state index contributed by atoms with van der Waals surface area (Å²) in [6.45, 7) is 1.97. The second-order valence-electron chi connectivity index (χ2n) is 3.53. The van der Waals surface area contributed by atoms with E-state index in [4.69, 9.17) is 5.11 Å². The van der Waals surface area contributed by atoms with Crippen LogP contribution in [0, 0.1) is 6.92 Å². The number of aromatic nitrogens is 2. The largest absolute Gasteiger partial charge is 0.481 e. The van der Waals surface area contributed by atoms with Crippen LogP contribution in [0.25, 0.3) is 5.52 Å². The van der Waals surface area contributed by atoms with Crippen LogP contribution < -0.4 is 0 Å². The van der Waals surface area contributed by atoms with Gasteiger partial charge in [0.1, 0.15) is 0 Å². The maximum atomic E-state index is 10.4. The number of carboxylic acids is 1. The van der Waals surface area contributed by atoms with Gasteiger partial charge in [-0.15, -0.1) is 0 Å². The van der Waals surface area contributed by atoms with Gasteiger partial charge in [-0.1, -0.05) is 6.07 Å². The molecule has 0 fully saturated rings. The smallest absolute Gasteiger partial charge is 0.303 e. The van der Waals surface area contributed by atoms with Crippen LogP contribution in [0.1, 0.15) is 17.8 Å². The number of nitrogens with zero attached hydrogens (tertiary/aromatic N) is 2. The van der Waals surface area contributed by atoms with E-state index < -0.39 is 5.97 Å². The molecule has 2 rings (SSSR count). The molecule has 78 valence electrons. The van der Waals surface area contributed by atoms with E-state index in [0.29, 0.717) is 6.42 Å².